The summed E-state index contributed by atoms with van der Waals surface area (Å²) in [6.45, 7) is 8.28. The van der Waals surface area contributed by atoms with E-state index in [1.807, 2.05) is 4.57 Å². The number of oxazole rings is 1. The molecule has 0 aliphatic carbocycles. The molecule has 0 bridgehead atoms. The van der Waals surface area contributed by atoms with E-state index in [9.17, 15) is 4.79 Å². The highest BCUT2D eigenvalue weighted by molar-refractivity contribution is 6.31. The van der Waals surface area contributed by atoms with Crippen molar-refractivity contribution in [2.45, 2.75) is 32.4 Å². The van der Waals surface area contributed by atoms with Crippen LogP contribution in [-0.2, 0) is 0 Å². The first-order valence-electron chi connectivity index (χ1n) is 9.94. The Morgan fingerprint density at radius 3 is 2.81 bits per heavy atom. The van der Waals surface area contributed by atoms with Crippen LogP contribution in [0, 0.1) is 0 Å². The molecule has 1 aliphatic rings. The smallest absolute Gasteiger partial charge is 0.302 e. The number of hydrogen-bond donors (Lipinski definition) is 2. The molecule has 1 saturated heterocycles. The Morgan fingerprint density at radius 2 is 2.06 bits per heavy atom. The minimum Gasteiger partial charge on any atom is -0.423 e. The fourth-order valence-electron chi connectivity index (χ4n) is 3.86. The average molecular weight is 440 g/mol. The summed E-state index contributed by atoms with van der Waals surface area (Å²) in [6.07, 6.45) is 3.20. The molecule has 1 fully saturated rings. The molecule has 31 heavy (non-hydrogen) atoms. The number of carbonyl (C=O) groups excluding carboxylic acids is 1. The van der Waals surface area contributed by atoms with Gasteiger partial charge in [0.2, 0.25) is 0 Å². The summed E-state index contributed by atoms with van der Waals surface area (Å²) in [5.41, 5.74) is 8.32. The van der Waals surface area contributed by atoms with Crippen molar-refractivity contribution in [2.24, 2.45) is 0 Å². The Morgan fingerprint density at radius 1 is 1.29 bits per heavy atom. The standard InChI is InChI=1S/C21H22ClN7O2/c1-21(2,3)28-7-12(8-28)29-9-13(16-17(23)24-10-25-18(16)29)19(30)27-20-26-14-6-11(22)4-5-15(14)31-20/h4-6,9-10,12H,7-8H2,1-3H3,(H2,23,24,25)(H,26,27,30). The lowest BCUT2D eigenvalue weighted by molar-refractivity contribution is 0.0219. The van der Waals surface area contributed by atoms with Gasteiger partial charge in [0.05, 0.1) is 17.0 Å². The van der Waals surface area contributed by atoms with Crippen molar-refractivity contribution in [2.75, 3.05) is 24.1 Å². The van der Waals surface area contributed by atoms with E-state index in [2.05, 4.69) is 45.9 Å². The highest BCUT2D eigenvalue weighted by atomic mass is 35.5. The number of amides is 1. The van der Waals surface area contributed by atoms with Crippen LogP contribution in [0.5, 0.6) is 0 Å². The molecule has 3 N–H and O–H groups in total. The van der Waals surface area contributed by atoms with Crippen LogP contribution in [0.25, 0.3) is 22.1 Å². The molecule has 3 aromatic heterocycles. The van der Waals surface area contributed by atoms with Gasteiger partial charge in [-0.15, -0.1) is 0 Å². The second-order valence-corrected chi connectivity index (χ2v) is 9.16. The van der Waals surface area contributed by atoms with Gasteiger partial charge in [-0.2, -0.15) is 4.98 Å². The molecule has 0 atom stereocenters. The first-order valence-corrected chi connectivity index (χ1v) is 10.3. The minimum atomic E-state index is -0.394. The summed E-state index contributed by atoms with van der Waals surface area (Å²) < 4.78 is 7.63. The van der Waals surface area contributed by atoms with E-state index in [0.29, 0.717) is 32.7 Å². The molecule has 0 spiro atoms. The van der Waals surface area contributed by atoms with Crippen molar-refractivity contribution in [1.29, 1.82) is 0 Å². The number of hydrogen-bond acceptors (Lipinski definition) is 7. The Hall–Kier alpha value is -3.17. The molecule has 0 radical (unpaired) electrons. The van der Waals surface area contributed by atoms with Crippen LogP contribution in [0.4, 0.5) is 11.8 Å². The number of nitrogens with two attached hydrogens (primary N) is 1. The fraction of sp³-hybridized carbons (Fsp3) is 0.333. The van der Waals surface area contributed by atoms with E-state index >= 15 is 0 Å². The van der Waals surface area contributed by atoms with Crippen LogP contribution in [0.2, 0.25) is 5.02 Å². The first kappa shape index (κ1) is 19.8. The molecule has 9 nitrogen and oxygen atoms in total. The van der Waals surface area contributed by atoms with Crippen molar-refractivity contribution < 1.29 is 9.21 Å². The van der Waals surface area contributed by atoms with Crippen LogP contribution >= 0.6 is 11.6 Å². The zero-order chi connectivity index (χ0) is 21.9. The topological polar surface area (TPSA) is 115 Å². The number of nitrogens with zero attached hydrogens (tertiary/aromatic N) is 5. The normalized spacial score (nSPS) is 15.5. The molecule has 4 heterocycles. The summed E-state index contributed by atoms with van der Waals surface area (Å²) in [7, 11) is 0. The van der Waals surface area contributed by atoms with Crippen molar-refractivity contribution in [3.05, 3.63) is 41.3 Å². The number of fused-ring (bicyclic) bond motifs is 2. The maximum atomic E-state index is 13.1. The van der Waals surface area contributed by atoms with Crippen LogP contribution in [0.3, 0.4) is 0 Å². The first-order chi connectivity index (χ1) is 14.7. The zero-order valence-corrected chi connectivity index (χ0v) is 18.1. The van der Waals surface area contributed by atoms with Crippen LogP contribution in [0.1, 0.15) is 37.2 Å². The van der Waals surface area contributed by atoms with E-state index in [1.54, 1.807) is 24.4 Å². The van der Waals surface area contributed by atoms with Crippen LogP contribution in [0.15, 0.2) is 35.1 Å². The van der Waals surface area contributed by atoms with Gasteiger partial charge < -0.3 is 14.7 Å². The minimum absolute atomic E-state index is 0.0844. The SMILES string of the molecule is CC(C)(C)N1CC(n2cc(C(=O)Nc3nc4cc(Cl)ccc4o3)c3c(N)ncnc32)C1. The summed E-state index contributed by atoms with van der Waals surface area (Å²) in [5.74, 6) is -0.139. The third-order valence-corrected chi connectivity index (χ3v) is 5.89. The van der Waals surface area contributed by atoms with Gasteiger partial charge in [0.15, 0.2) is 5.58 Å². The molecule has 0 saturated carbocycles. The largest absolute Gasteiger partial charge is 0.423 e. The predicted octanol–water partition coefficient (Wildman–Crippen LogP) is 3.72. The van der Waals surface area contributed by atoms with Crippen LogP contribution < -0.4 is 11.1 Å². The van der Waals surface area contributed by atoms with Crippen molar-refractivity contribution in [3.63, 3.8) is 0 Å². The number of carbonyl (C=O) groups is 1. The molecule has 10 heteroatoms. The highest BCUT2D eigenvalue weighted by Crippen LogP contribution is 2.34. The lowest BCUT2D eigenvalue weighted by Gasteiger charge is -2.48. The number of nitrogens with one attached hydrogen (secondary N) is 1. The maximum Gasteiger partial charge on any atom is 0.302 e. The lowest BCUT2D eigenvalue weighted by Crippen LogP contribution is -2.56. The second kappa shape index (κ2) is 6.93. The Kier molecular flexibility index (Phi) is 4.42. The van der Waals surface area contributed by atoms with Gasteiger partial charge in [0, 0.05) is 29.8 Å². The fourth-order valence-corrected chi connectivity index (χ4v) is 4.02. The Labute approximate surface area is 183 Å². The number of nitrogen functional groups attached to an aromatic ring is 1. The third-order valence-electron chi connectivity index (χ3n) is 5.66. The number of halogens is 1. The molecule has 1 aliphatic heterocycles. The second-order valence-electron chi connectivity index (χ2n) is 8.72. The number of likely N-dealkylation sites (tertiary alicyclic amines) is 1. The molecular weight excluding hydrogens is 418 g/mol. The summed E-state index contributed by atoms with van der Waals surface area (Å²) >= 11 is 6.00. The van der Waals surface area contributed by atoms with E-state index < -0.39 is 5.91 Å². The highest BCUT2D eigenvalue weighted by Gasteiger charge is 2.37. The lowest BCUT2D eigenvalue weighted by atomic mass is 9.97. The van der Waals surface area contributed by atoms with Gasteiger partial charge in [0.1, 0.15) is 23.3 Å². The molecule has 5 rings (SSSR count). The zero-order valence-electron chi connectivity index (χ0n) is 17.4. The van der Waals surface area contributed by atoms with Crippen molar-refractivity contribution in [1.82, 2.24) is 24.4 Å². The van der Waals surface area contributed by atoms with E-state index in [-0.39, 0.29) is 23.4 Å². The van der Waals surface area contributed by atoms with Gasteiger partial charge >= 0.3 is 6.01 Å². The van der Waals surface area contributed by atoms with Gasteiger partial charge in [-0.25, -0.2) is 9.97 Å². The van der Waals surface area contributed by atoms with E-state index in [0.717, 1.165) is 13.1 Å². The Balaban J connectivity index is 1.48. The van der Waals surface area contributed by atoms with Crippen molar-refractivity contribution in [3.8, 4) is 0 Å². The molecular formula is C21H22ClN7O2. The predicted molar refractivity (Wildman–Crippen MR) is 119 cm³/mol. The van der Waals surface area contributed by atoms with Gasteiger partial charge in [-0.05, 0) is 39.0 Å². The van der Waals surface area contributed by atoms with Crippen molar-refractivity contribution >= 4 is 51.5 Å². The third kappa shape index (κ3) is 3.39. The maximum absolute atomic E-state index is 13.1. The molecule has 0 unspecified atom stereocenters. The van der Waals surface area contributed by atoms with Gasteiger partial charge in [-0.1, -0.05) is 11.6 Å². The summed E-state index contributed by atoms with van der Waals surface area (Å²) in [4.78, 5) is 28.3. The molecule has 4 aromatic rings. The molecule has 1 aromatic carbocycles. The number of rotatable bonds is 3. The Bertz CT molecular complexity index is 1310. The monoisotopic (exact) mass is 439 g/mol. The summed E-state index contributed by atoms with van der Waals surface area (Å²) in [6, 6.07) is 5.36. The number of anilines is 2. The van der Waals surface area contributed by atoms with E-state index in [1.165, 1.54) is 6.33 Å². The molecule has 160 valence electrons. The van der Waals surface area contributed by atoms with Crippen LogP contribution in [-0.4, -0.2) is 49.0 Å². The quantitative estimate of drug-likeness (QED) is 0.499. The van der Waals surface area contributed by atoms with E-state index in [4.69, 9.17) is 21.8 Å². The number of aromatic nitrogens is 4. The molecule has 1 amide bonds. The number of benzene rings is 1. The van der Waals surface area contributed by atoms with Gasteiger partial charge in [0.25, 0.3) is 5.91 Å². The average Bonchev–Trinajstić information content (AvgIpc) is 3.21. The summed E-state index contributed by atoms with van der Waals surface area (Å²) in [5, 5.41) is 3.77. The van der Waals surface area contributed by atoms with Gasteiger partial charge in [-0.3, -0.25) is 15.0 Å².